The van der Waals surface area contributed by atoms with Crippen molar-refractivity contribution in [2.24, 2.45) is 5.92 Å². The minimum absolute atomic E-state index is 0.0446. The number of carbonyl (C=O) groups excluding carboxylic acids is 1. The Hall–Kier alpha value is -1.84. The number of benzene rings is 1. The zero-order valence-electron chi connectivity index (χ0n) is 12.7. The Kier molecular flexibility index (Phi) is 4.42. The van der Waals surface area contributed by atoms with Gasteiger partial charge in [-0.05, 0) is 49.4 Å². The Morgan fingerprint density at radius 2 is 2.00 bits per heavy atom. The van der Waals surface area contributed by atoms with Crippen LogP contribution in [0.3, 0.4) is 0 Å². The lowest BCUT2D eigenvalue weighted by atomic mass is 10.1. The van der Waals surface area contributed by atoms with Gasteiger partial charge in [0.25, 0.3) is 0 Å². The lowest BCUT2D eigenvalue weighted by Gasteiger charge is -2.08. The number of imidazole rings is 1. The lowest BCUT2D eigenvalue weighted by molar-refractivity contribution is -0.121. The summed E-state index contributed by atoms with van der Waals surface area (Å²) in [5.41, 5.74) is 4.42. The first-order chi connectivity index (χ1) is 9.47. The quantitative estimate of drug-likeness (QED) is 0.910. The molecule has 0 aliphatic rings. The number of hydrogen-bond acceptors (Lipinski definition) is 2. The summed E-state index contributed by atoms with van der Waals surface area (Å²) in [7, 11) is 0. The van der Waals surface area contributed by atoms with Crippen molar-refractivity contribution in [2.45, 2.75) is 40.7 Å². The molecule has 1 aromatic heterocycles. The molecule has 20 heavy (non-hydrogen) atoms. The molecule has 0 saturated heterocycles. The first-order valence-corrected chi connectivity index (χ1v) is 7.16. The van der Waals surface area contributed by atoms with Gasteiger partial charge in [0.15, 0.2) is 0 Å². The first kappa shape index (κ1) is 14.6. The summed E-state index contributed by atoms with van der Waals surface area (Å²) in [6, 6.07) is 4.16. The molecule has 0 bridgehead atoms. The van der Waals surface area contributed by atoms with E-state index in [1.54, 1.807) is 6.33 Å². The van der Waals surface area contributed by atoms with Crippen LogP contribution in [0.25, 0.3) is 11.0 Å². The largest absolute Gasteiger partial charge is 0.355 e. The minimum Gasteiger partial charge on any atom is -0.355 e. The molecule has 0 aliphatic carbocycles. The van der Waals surface area contributed by atoms with Crippen molar-refractivity contribution < 1.29 is 4.79 Å². The van der Waals surface area contributed by atoms with Crippen LogP contribution in [0, 0.1) is 19.8 Å². The second kappa shape index (κ2) is 6.07. The molecule has 2 rings (SSSR count). The second-order valence-corrected chi connectivity index (χ2v) is 5.83. The van der Waals surface area contributed by atoms with E-state index in [1.807, 2.05) is 4.57 Å². The maximum Gasteiger partial charge on any atom is 0.239 e. The van der Waals surface area contributed by atoms with Crippen LogP contribution < -0.4 is 5.32 Å². The van der Waals surface area contributed by atoms with Crippen molar-refractivity contribution in [2.75, 3.05) is 6.54 Å². The van der Waals surface area contributed by atoms with Crippen LogP contribution in [-0.4, -0.2) is 22.0 Å². The number of hydrogen-bond donors (Lipinski definition) is 1. The van der Waals surface area contributed by atoms with Gasteiger partial charge in [0, 0.05) is 6.54 Å². The van der Waals surface area contributed by atoms with Crippen LogP contribution in [0.15, 0.2) is 18.5 Å². The van der Waals surface area contributed by atoms with Crippen molar-refractivity contribution in [3.63, 3.8) is 0 Å². The highest BCUT2D eigenvalue weighted by Gasteiger charge is 2.08. The van der Waals surface area contributed by atoms with Gasteiger partial charge >= 0.3 is 0 Å². The maximum atomic E-state index is 11.9. The average molecular weight is 273 g/mol. The Labute approximate surface area is 120 Å². The highest BCUT2D eigenvalue weighted by atomic mass is 16.1. The average Bonchev–Trinajstić information content (AvgIpc) is 2.72. The monoisotopic (exact) mass is 273 g/mol. The van der Waals surface area contributed by atoms with Gasteiger partial charge in [-0.25, -0.2) is 4.98 Å². The normalized spacial score (nSPS) is 11.2. The molecule has 0 aliphatic heterocycles. The van der Waals surface area contributed by atoms with Gasteiger partial charge in [-0.1, -0.05) is 13.8 Å². The molecule has 1 heterocycles. The molecule has 0 fully saturated rings. The van der Waals surface area contributed by atoms with E-state index in [1.165, 1.54) is 11.1 Å². The van der Waals surface area contributed by atoms with Crippen LogP contribution in [-0.2, 0) is 11.3 Å². The number of nitrogens with zero attached hydrogens (tertiary/aromatic N) is 2. The van der Waals surface area contributed by atoms with Gasteiger partial charge in [-0.3, -0.25) is 4.79 Å². The molecule has 108 valence electrons. The first-order valence-electron chi connectivity index (χ1n) is 7.16. The Balaban J connectivity index is 2.06. The Morgan fingerprint density at radius 3 is 2.70 bits per heavy atom. The standard InChI is InChI=1S/C16H23N3O/c1-11(2)5-6-17-16(20)9-19-10-18-14-7-12(3)13(4)8-15(14)19/h7-8,10-11H,5-6,9H2,1-4H3,(H,17,20). The molecule has 1 N–H and O–H groups in total. The van der Waals surface area contributed by atoms with E-state index in [0.717, 1.165) is 24.0 Å². The van der Waals surface area contributed by atoms with Gasteiger partial charge in [0.05, 0.1) is 17.4 Å². The molecule has 0 atom stereocenters. The molecular weight excluding hydrogens is 250 g/mol. The number of rotatable bonds is 5. The SMILES string of the molecule is Cc1cc2ncn(CC(=O)NCCC(C)C)c2cc1C. The summed E-state index contributed by atoms with van der Waals surface area (Å²) in [4.78, 5) is 16.3. The van der Waals surface area contributed by atoms with E-state index in [2.05, 4.69) is 50.1 Å². The van der Waals surface area contributed by atoms with Gasteiger partial charge in [-0.15, -0.1) is 0 Å². The van der Waals surface area contributed by atoms with Crippen molar-refractivity contribution >= 4 is 16.9 Å². The van der Waals surface area contributed by atoms with E-state index < -0.39 is 0 Å². The maximum absolute atomic E-state index is 11.9. The minimum atomic E-state index is 0.0446. The fourth-order valence-corrected chi connectivity index (χ4v) is 2.15. The summed E-state index contributed by atoms with van der Waals surface area (Å²) in [5, 5.41) is 2.96. The molecular formula is C16H23N3O. The Bertz CT molecular complexity index is 613. The van der Waals surface area contributed by atoms with Crippen molar-refractivity contribution in [3.05, 3.63) is 29.6 Å². The predicted octanol–water partition coefficient (Wildman–Crippen LogP) is 2.82. The summed E-state index contributed by atoms with van der Waals surface area (Å²) >= 11 is 0. The highest BCUT2D eigenvalue weighted by molar-refractivity contribution is 5.81. The smallest absolute Gasteiger partial charge is 0.239 e. The molecule has 4 heteroatoms. The van der Waals surface area contributed by atoms with Crippen LogP contribution in [0.4, 0.5) is 0 Å². The number of nitrogens with one attached hydrogen (secondary N) is 1. The van der Waals surface area contributed by atoms with Gasteiger partial charge in [-0.2, -0.15) is 0 Å². The lowest BCUT2D eigenvalue weighted by Crippen LogP contribution is -2.28. The van der Waals surface area contributed by atoms with E-state index in [-0.39, 0.29) is 5.91 Å². The van der Waals surface area contributed by atoms with E-state index in [4.69, 9.17) is 0 Å². The molecule has 0 radical (unpaired) electrons. The highest BCUT2D eigenvalue weighted by Crippen LogP contribution is 2.18. The van der Waals surface area contributed by atoms with E-state index in [9.17, 15) is 4.79 Å². The van der Waals surface area contributed by atoms with Crippen LogP contribution >= 0.6 is 0 Å². The van der Waals surface area contributed by atoms with Gasteiger partial charge < -0.3 is 9.88 Å². The fraction of sp³-hybridized carbons (Fsp3) is 0.500. The summed E-state index contributed by atoms with van der Waals surface area (Å²) in [6.07, 6.45) is 2.75. The number of amides is 1. The summed E-state index contributed by atoms with van der Waals surface area (Å²) in [5.74, 6) is 0.651. The number of aryl methyl sites for hydroxylation is 2. The van der Waals surface area contributed by atoms with Gasteiger partial charge in [0.1, 0.15) is 6.54 Å². The van der Waals surface area contributed by atoms with Crippen LogP contribution in [0.1, 0.15) is 31.4 Å². The van der Waals surface area contributed by atoms with Crippen molar-refractivity contribution in [1.29, 1.82) is 0 Å². The zero-order valence-corrected chi connectivity index (χ0v) is 12.7. The van der Waals surface area contributed by atoms with Crippen molar-refractivity contribution in [3.8, 4) is 0 Å². The number of aromatic nitrogens is 2. The fourth-order valence-electron chi connectivity index (χ4n) is 2.15. The van der Waals surface area contributed by atoms with E-state index >= 15 is 0 Å². The third kappa shape index (κ3) is 3.38. The summed E-state index contributed by atoms with van der Waals surface area (Å²) < 4.78 is 1.91. The molecule has 2 aromatic rings. The third-order valence-corrected chi connectivity index (χ3v) is 3.59. The van der Waals surface area contributed by atoms with Crippen LogP contribution in [0.2, 0.25) is 0 Å². The Morgan fingerprint density at radius 1 is 1.30 bits per heavy atom. The van der Waals surface area contributed by atoms with Crippen LogP contribution in [0.5, 0.6) is 0 Å². The summed E-state index contributed by atoms with van der Waals surface area (Å²) in [6.45, 7) is 9.53. The van der Waals surface area contributed by atoms with E-state index in [0.29, 0.717) is 12.5 Å². The molecule has 0 saturated carbocycles. The predicted molar refractivity (Wildman–Crippen MR) is 81.7 cm³/mol. The third-order valence-electron chi connectivity index (χ3n) is 3.59. The number of carbonyl (C=O) groups is 1. The molecule has 1 amide bonds. The molecule has 0 unspecified atom stereocenters. The molecule has 1 aromatic carbocycles. The number of fused-ring (bicyclic) bond motifs is 1. The zero-order chi connectivity index (χ0) is 14.7. The second-order valence-electron chi connectivity index (χ2n) is 5.83. The van der Waals surface area contributed by atoms with Gasteiger partial charge in [0.2, 0.25) is 5.91 Å². The molecule has 4 nitrogen and oxygen atoms in total. The van der Waals surface area contributed by atoms with Crippen molar-refractivity contribution in [1.82, 2.24) is 14.9 Å². The molecule has 0 spiro atoms. The topological polar surface area (TPSA) is 46.9 Å².